The summed E-state index contributed by atoms with van der Waals surface area (Å²) in [7, 11) is 0. The molecule has 106 valence electrons. The molecule has 1 heterocycles. The van der Waals surface area contributed by atoms with E-state index in [0.717, 1.165) is 5.01 Å². The number of nitrogens with zero attached hydrogens (tertiary/aromatic N) is 1. The third-order valence-corrected chi connectivity index (χ3v) is 3.84. The summed E-state index contributed by atoms with van der Waals surface area (Å²) >= 11 is 1.46. The van der Waals surface area contributed by atoms with E-state index < -0.39 is 17.4 Å². The molecule has 6 nitrogen and oxygen atoms in total. The number of amides is 2. The Hall–Kier alpha value is -1.63. The number of carboxylic acid groups (broad SMARTS) is 1. The van der Waals surface area contributed by atoms with Gasteiger partial charge in [0.2, 0.25) is 0 Å². The highest BCUT2D eigenvalue weighted by Crippen LogP contribution is 2.21. The zero-order valence-corrected chi connectivity index (χ0v) is 12.1. The Balaban J connectivity index is 2.49. The van der Waals surface area contributed by atoms with Crippen molar-refractivity contribution in [2.24, 2.45) is 5.92 Å². The number of hydrogen-bond acceptors (Lipinski definition) is 4. The van der Waals surface area contributed by atoms with E-state index in [0.29, 0.717) is 6.42 Å². The van der Waals surface area contributed by atoms with E-state index in [4.69, 9.17) is 5.11 Å². The minimum Gasteiger partial charge on any atom is -0.481 e. The number of aliphatic carboxylic acids is 1. The van der Waals surface area contributed by atoms with Crippen molar-refractivity contribution in [3.63, 3.8) is 0 Å². The molecule has 0 aliphatic rings. The fourth-order valence-corrected chi connectivity index (χ4v) is 2.25. The molecule has 1 atom stereocenters. The lowest BCUT2D eigenvalue weighted by molar-refractivity contribution is -0.141. The quantitative estimate of drug-likeness (QED) is 0.743. The zero-order chi connectivity index (χ0) is 14.5. The number of rotatable bonds is 6. The molecule has 0 aromatic carbocycles. The molecule has 0 bridgehead atoms. The summed E-state index contributed by atoms with van der Waals surface area (Å²) in [5, 5.41) is 16.9. The molecular weight excluding hydrogens is 266 g/mol. The Labute approximate surface area is 116 Å². The average molecular weight is 285 g/mol. The van der Waals surface area contributed by atoms with Gasteiger partial charge in [0.25, 0.3) is 0 Å². The highest BCUT2D eigenvalue weighted by Gasteiger charge is 2.26. The van der Waals surface area contributed by atoms with Crippen LogP contribution in [-0.4, -0.2) is 28.6 Å². The first kappa shape index (κ1) is 15.4. The molecule has 7 heteroatoms. The summed E-state index contributed by atoms with van der Waals surface area (Å²) in [4.78, 5) is 26.8. The lowest BCUT2D eigenvalue weighted by Gasteiger charge is -2.24. The van der Waals surface area contributed by atoms with E-state index in [-0.39, 0.29) is 12.6 Å². The second kappa shape index (κ2) is 6.51. The molecule has 0 spiro atoms. The molecule has 0 aliphatic heterocycles. The molecular formula is C12H19N3O3S. The van der Waals surface area contributed by atoms with E-state index in [9.17, 15) is 9.59 Å². The highest BCUT2D eigenvalue weighted by atomic mass is 32.1. The van der Waals surface area contributed by atoms with Gasteiger partial charge in [0.1, 0.15) is 5.01 Å². The van der Waals surface area contributed by atoms with E-state index in [1.165, 1.54) is 11.3 Å². The van der Waals surface area contributed by atoms with Gasteiger partial charge in [-0.05, 0) is 20.3 Å². The van der Waals surface area contributed by atoms with Crippen LogP contribution in [0.5, 0.6) is 0 Å². The van der Waals surface area contributed by atoms with Crippen LogP contribution in [0, 0.1) is 5.92 Å². The number of thiazole rings is 1. The van der Waals surface area contributed by atoms with Gasteiger partial charge in [0.15, 0.2) is 0 Å². The molecule has 0 fully saturated rings. The van der Waals surface area contributed by atoms with Gasteiger partial charge in [-0.15, -0.1) is 11.3 Å². The maximum atomic E-state index is 11.8. The third kappa shape index (κ3) is 4.51. The smallest absolute Gasteiger partial charge is 0.315 e. The van der Waals surface area contributed by atoms with Crippen LogP contribution in [0.4, 0.5) is 4.79 Å². The first-order chi connectivity index (χ1) is 8.86. The summed E-state index contributed by atoms with van der Waals surface area (Å²) < 4.78 is 0. The fourth-order valence-electron chi connectivity index (χ4n) is 1.54. The van der Waals surface area contributed by atoms with Crippen LogP contribution in [0.3, 0.4) is 0 Å². The molecule has 19 heavy (non-hydrogen) atoms. The molecule has 0 saturated carbocycles. The van der Waals surface area contributed by atoms with Gasteiger partial charge < -0.3 is 15.7 Å². The van der Waals surface area contributed by atoms with Gasteiger partial charge in [-0.2, -0.15) is 0 Å². The summed E-state index contributed by atoms with van der Waals surface area (Å²) in [5.41, 5.74) is -0.580. The molecule has 1 rings (SSSR count). The first-order valence-corrected chi connectivity index (χ1v) is 6.93. The van der Waals surface area contributed by atoms with Crippen LogP contribution < -0.4 is 10.6 Å². The van der Waals surface area contributed by atoms with E-state index in [1.54, 1.807) is 13.1 Å². The fraction of sp³-hybridized carbons (Fsp3) is 0.583. The number of urea groups is 1. The van der Waals surface area contributed by atoms with Crippen molar-refractivity contribution in [1.29, 1.82) is 0 Å². The Bertz CT molecular complexity index is 431. The van der Waals surface area contributed by atoms with Gasteiger partial charge in [-0.3, -0.25) is 4.79 Å². The standard InChI is InChI=1S/C12H19N3O3S/c1-4-8(9(16)17)7-14-11(18)15-12(2,3)10-13-5-6-19-10/h5-6,8H,4,7H2,1-3H3,(H,16,17)(H2,14,15,18). The molecule has 3 N–H and O–H groups in total. The van der Waals surface area contributed by atoms with Crippen molar-refractivity contribution in [2.45, 2.75) is 32.7 Å². The van der Waals surface area contributed by atoms with Gasteiger partial charge in [0, 0.05) is 18.1 Å². The molecule has 1 aromatic heterocycles. The van der Waals surface area contributed by atoms with Crippen LogP contribution in [0.1, 0.15) is 32.2 Å². The van der Waals surface area contributed by atoms with Gasteiger partial charge >= 0.3 is 12.0 Å². The van der Waals surface area contributed by atoms with Crippen LogP contribution >= 0.6 is 11.3 Å². The van der Waals surface area contributed by atoms with Gasteiger partial charge in [0.05, 0.1) is 11.5 Å². The Morgan fingerprint density at radius 1 is 1.53 bits per heavy atom. The largest absolute Gasteiger partial charge is 0.481 e. The monoisotopic (exact) mass is 285 g/mol. The van der Waals surface area contributed by atoms with Crippen LogP contribution in [0.2, 0.25) is 0 Å². The summed E-state index contributed by atoms with van der Waals surface area (Å²) in [6, 6.07) is -0.389. The molecule has 0 saturated heterocycles. The lowest BCUT2D eigenvalue weighted by atomic mass is 10.1. The summed E-state index contributed by atoms with van der Waals surface area (Å²) in [6.07, 6.45) is 2.16. The van der Waals surface area contributed by atoms with E-state index in [2.05, 4.69) is 15.6 Å². The van der Waals surface area contributed by atoms with Crippen molar-refractivity contribution in [3.8, 4) is 0 Å². The highest BCUT2D eigenvalue weighted by molar-refractivity contribution is 7.09. The topological polar surface area (TPSA) is 91.3 Å². The maximum Gasteiger partial charge on any atom is 0.315 e. The summed E-state index contributed by atoms with van der Waals surface area (Å²) in [5.74, 6) is -1.46. The second-order valence-corrected chi connectivity index (χ2v) is 5.64. The second-order valence-electron chi connectivity index (χ2n) is 4.74. The normalized spacial score (nSPS) is 12.8. The van der Waals surface area contributed by atoms with Crippen molar-refractivity contribution in [2.75, 3.05) is 6.54 Å². The number of hydrogen-bond donors (Lipinski definition) is 3. The van der Waals surface area contributed by atoms with Crippen LogP contribution in [0.15, 0.2) is 11.6 Å². The van der Waals surface area contributed by atoms with Gasteiger partial charge in [-0.1, -0.05) is 6.92 Å². The van der Waals surface area contributed by atoms with Crippen molar-refractivity contribution < 1.29 is 14.7 Å². The zero-order valence-electron chi connectivity index (χ0n) is 11.3. The maximum absolute atomic E-state index is 11.8. The van der Waals surface area contributed by atoms with Crippen molar-refractivity contribution >= 4 is 23.3 Å². The van der Waals surface area contributed by atoms with Crippen LogP contribution in [-0.2, 0) is 10.3 Å². The number of nitrogens with one attached hydrogen (secondary N) is 2. The van der Waals surface area contributed by atoms with Crippen molar-refractivity contribution in [3.05, 3.63) is 16.6 Å². The first-order valence-electron chi connectivity index (χ1n) is 6.05. The predicted molar refractivity (Wildman–Crippen MR) is 73.1 cm³/mol. The number of aromatic nitrogens is 1. The summed E-state index contributed by atoms with van der Waals surface area (Å²) in [6.45, 7) is 5.59. The Kier molecular flexibility index (Phi) is 5.29. The lowest BCUT2D eigenvalue weighted by Crippen LogP contribution is -2.48. The molecule has 0 aliphatic carbocycles. The molecule has 1 aromatic rings. The number of carbonyl (C=O) groups is 2. The predicted octanol–water partition coefficient (Wildman–Crippen LogP) is 1.79. The van der Waals surface area contributed by atoms with E-state index >= 15 is 0 Å². The van der Waals surface area contributed by atoms with E-state index in [1.807, 2.05) is 19.2 Å². The number of carbonyl (C=O) groups excluding carboxylic acids is 1. The minimum atomic E-state index is -0.901. The Morgan fingerprint density at radius 3 is 2.68 bits per heavy atom. The molecule has 2 amide bonds. The Morgan fingerprint density at radius 2 is 2.21 bits per heavy atom. The average Bonchev–Trinajstić information content (AvgIpc) is 2.82. The SMILES string of the molecule is CCC(CNC(=O)NC(C)(C)c1nccs1)C(=O)O. The molecule has 0 radical (unpaired) electrons. The number of carboxylic acids is 1. The van der Waals surface area contributed by atoms with Crippen molar-refractivity contribution in [1.82, 2.24) is 15.6 Å². The van der Waals surface area contributed by atoms with Gasteiger partial charge in [-0.25, -0.2) is 9.78 Å². The van der Waals surface area contributed by atoms with Crippen LogP contribution in [0.25, 0.3) is 0 Å². The molecule has 1 unspecified atom stereocenters. The minimum absolute atomic E-state index is 0.117. The third-order valence-electron chi connectivity index (χ3n) is 2.74.